The van der Waals surface area contributed by atoms with Gasteiger partial charge in [0.2, 0.25) is 0 Å². The maximum Gasteiger partial charge on any atom is 0.145 e. The number of thioether (sulfide) groups is 1. The molecule has 90 valence electrons. The first-order chi connectivity index (χ1) is 7.23. The van der Waals surface area contributed by atoms with Crippen LogP contribution in [0.4, 0.5) is 0 Å². The van der Waals surface area contributed by atoms with Gasteiger partial charge in [-0.05, 0) is 22.5 Å². The Labute approximate surface area is 103 Å². The van der Waals surface area contributed by atoms with Gasteiger partial charge in [0.05, 0.1) is 5.25 Å². The second kappa shape index (κ2) is 3.39. The average molecular weight is 238 g/mol. The summed E-state index contributed by atoms with van der Waals surface area (Å²) in [6.45, 7) is 11.5. The van der Waals surface area contributed by atoms with Gasteiger partial charge < -0.3 is 5.11 Å². The van der Waals surface area contributed by atoms with Gasteiger partial charge in [0.15, 0.2) is 0 Å². The third-order valence-corrected chi connectivity index (χ3v) is 6.06. The van der Waals surface area contributed by atoms with Gasteiger partial charge in [-0.25, -0.2) is 0 Å². The van der Waals surface area contributed by atoms with Crippen LogP contribution in [0, 0.1) is 10.8 Å². The summed E-state index contributed by atoms with van der Waals surface area (Å²) in [5.74, 6) is 0. The molecule has 2 atom stereocenters. The summed E-state index contributed by atoms with van der Waals surface area (Å²) in [4.78, 5) is -0.573. The third-order valence-electron chi connectivity index (χ3n) is 4.80. The van der Waals surface area contributed by atoms with E-state index in [0.717, 1.165) is 6.42 Å². The Morgan fingerprint density at radius 1 is 1.38 bits per heavy atom. The fraction of sp³-hybridized carbons (Fsp3) is 0.714. The number of rotatable bonds is 3. The molecule has 0 radical (unpaired) electrons. The molecule has 0 saturated carbocycles. The van der Waals surface area contributed by atoms with Crippen molar-refractivity contribution in [2.75, 3.05) is 0 Å². The molecule has 0 aromatic rings. The van der Waals surface area contributed by atoms with Gasteiger partial charge >= 0.3 is 0 Å². The first kappa shape index (κ1) is 12.3. The second-order valence-electron chi connectivity index (χ2n) is 6.11. The molecular weight excluding hydrogens is 216 g/mol. The minimum absolute atomic E-state index is 0.155. The van der Waals surface area contributed by atoms with E-state index in [1.807, 2.05) is 6.08 Å². The molecule has 1 aliphatic heterocycles. The number of fused-ring (bicyclic) bond motifs is 1. The van der Waals surface area contributed by atoms with E-state index in [1.165, 1.54) is 5.57 Å². The van der Waals surface area contributed by atoms with E-state index in [-0.39, 0.29) is 10.8 Å². The summed E-state index contributed by atoms with van der Waals surface area (Å²) in [5, 5.41) is 10.2. The fourth-order valence-electron chi connectivity index (χ4n) is 2.13. The van der Waals surface area contributed by atoms with Crippen LogP contribution in [0.1, 0.15) is 41.0 Å². The van der Waals surface area contributed by atoms with Crippen LogP contribution >= 0.6 is 11.8 Å². The van der Waals surface area contributed by atoms with Crippen LogP contribution in [0.25, 0.3) is 0 Å². The number of hydrogen-bond donors (Lipinski definition) is 1. The molecule has 0 spiro atoms. The molecule has 0 amide bonds. The zero-order valence-corrected chi connectivity index (χ0v) is 11.7. The van der Waals surface area contributed by atoms with E-state index in [2.05, 4.69) is 46.8 Å². The summed E-state index contributed by atoms with van der Waals surface area (Å²) in [7, 11) is 0. The minimum Gasteiger partial charge on any atom is -0.374 e. The Morgan fingerprint density at radius 3 is 2.50 bits per heavy atom. The number of allylic oxidation sites excluding steroid dienone is 2. The lowest BCUT2D eigenvalue weighted by Crippen LogP contribution is -2.34. The number of hydrogen-bond acceptors (Lipinski definition) is 2. The molecule has 1 saturated heterocycles. The van der Waals surface area contributed by atoms with Gasteiger partial charge in [-0.2, -0.15) is 0 Å². The van der Waals surface area contributed by atoms with Crippen molar-refractivity contribution in [3.05, 3.63) is 23.8 Å². The van der Waals surface area contributed by atoms with Gasteiger partial charge in [0, 0.05) is 0 Å². The number of aliphatic hydroxyl groups is 1. The van der Waals surface area contributed by atoms with Crippen molar-refractivity contribution in [2.45, 2.75) is 51.2 Å². The summed E-state index contributed by atoms with van der Waals surface area (Å²) in [6.07, 6.45) is 7.49. The van der Waals surface area contributed by atoms with Crippen LogP contribution in [0.5, 0.6) is 0 Å². The van der Waals surface area contributed by atoms with Crippen molar-refractivity contribution in [2.24, 2.45) is 10.8 Å². The lowest BCUT2D eigenvalue weighted by atomic mass is 9.62. The zero-order valence-electron chi connectivity index (χ0n) is 10.9. The summed E-state index contributed by atoms with van der Waals surface area (Å²) in [6, 6.07) is 0. The van der Waals surface area contributed by atoms with Crippen molar-refractivity contribution < 1.29 is 5.11 Å². The minimum atomic E-state index is -0.573. The average Bonchev–Trinajstić information content (AvgIpc) is 2.87. The monoisotopic (exact) mass is 238 g/mol. The Hall–Kier alpha value is -0.210. The molecule has 2 heteroatoms. The van der Waals surface area contributed by atoms with Crippen LogP contribution in [0.3, 0.4) is 0 Å². The Kier molecular flexibility index (Phi) is 2.60. The van der Waals surface area contributed by atoms with E-state index >= 15 is 0 Å². The molecule has 1 heterocycles. The van der Waals surface area contributed by atoms with Gasteiger partial charge in [0.1, 0.15) is 4.93 Å². The summed E-state index contributed by atoms with van der Waals surface area (Å²) >= 11 is 1.63. The first-order valence-corrected chi connectivity index (χ1v) is 6.93. The summed E-state index contributed by atoms with van der Waals surface area (Å²) < 4.78 is 0. The Bertz CT molecular complexity index is 365. The van der Waals surface area contributed by atoms with Crippen LogP contribution in [-0.4, -0.2) is 15.3 Å². The highest BCUT2D eigenvalue weighted by Crippen LogP contribution is 2.58. The predicted octanol–water partition coefficient (Wildman–Crippen LogP) is 3.75. The molecular formula is C14H22OS. The van der Waals surface area contributed by atoms with Crippen molar-refractivity contribution in [3.63, 3.8) is 0 Å². The van der Waals surface area contributed by atoms with Gasteiger partial charge in [-0.15, -0.1) is 11.8 Å². The topological polar surface area (TPSA) is 20.2 Å². The molecule has 1 fully saturated rings. The highest BCUT2D eigenvalue weighted by Gasteiger charge is 2.54. The molecule has 0 bridgehead atoms. The molecule has 0 aromatic carbocycles. The molecule has 2 unspecified atom stereocenters. The van der Waals surface area contributed by atoms with E-state index < -0.39 is 4.93 Å². The van der Waals surface area contributed by atoms with Crippen LogP contribution in [0.15, 0.2) is 23.8 Å². The van der Waals surface area contributed by atoms with E-state index in [9.17, 15) is 5.11 Å². The molecule has 1 N–H and O–H groups in total. The van der Waals surface area contributed by atoms with Crippen molar-refractivity contribution >= 4 is 11.8 Å². The molecule has 1 nitrogen and oxygen atoms in total. The Balaban J connectivity index is 2.27. The zero-order chi connectivity index (χ0) is 12.2. The maximum absolute atomic E-state index is 9.92. The van der Waals surface area contributed by atoms with Crippen LogP contribution in [0.2, 0.25) is 0 Å². The van der Waals surface area contributed by atoms with Crippen molar-refractivity contribution in [1.82, 2.24) is 0 Å². The van der Waals surface area contributed by atoms with Gasteiger partial charge in [-0.1, -0.05) is 53.2 Å². The molecule has 2 aliphatic rings. The van der Waals surface area contributed by atoms with Crippen LogP contribution < -0.4 is 0 Å². The van der Waals surface area contributed by atoms with E-state index in [0.29, 0.717) is 5.25 Å². The molecule has 16 heavy (non-hydrogen) atoms. The first-order valence-electron chi connectivity index (χ1n) is 6.05. The summed E-state index contributed by atoms with van der Waals surface area (Å²) in [5.41, 5.74) is 1.81. The normalized spacial score (nSPS) is 33.4. The molecule has 0 aromatic heterocycles. The SMILES string of the molecule is CCC(C)(C)C(C)(C)C1=CC2SC2(O)C=C1. The van der Waals surface area contributed by atoms with E-state index in [4.69, 9.17) is 0 Å². The smallest absolute Gasteiger partial charge is 0.145 e. The fourth-order valence-corrected chi connectivity index (χ4v) is 2.98. The predicted molar refractivity (Wildman–Crippen MR) is 71.4 cm³/mol. The highest BCUT2D eigenvalue weighted by atomic mass is 32.2. The quantitative estimate of drug-likeness (QED) is 0.756. The standard InChI is InChI=1S/C14H22OS/c1-6-12(2,3)13(4,5)10-7-8-14(15)11(9-10)16-14/h7-9,11,15H,6H2,1-5H3. The van der Waals surface area contributed by atoms with Crippen molar-refractivity contribution in [1.29, 1.82) is 0 Å². The highest BCUT2D eigenvalue weighted by molar-refractivity contribution is 8.08. The second-order valence-corrected chi connectivity index (χ2v) is 7.51. The largest absolute Gasteiger partial charge is 0.374 e. The molecule has 2 rings (SSSR count). The lowest BCUT2D eigenvalue weighted by molar-refractivity contribution is 0.147. The maximum atomic E-state index is 9.92. The van der Waals surface area contributed by atoms with Crippen LogP contribution in [-0.2, 0) is 0 Å². The van der Waals surface area contributed by atoms with Gasteiger partial charge in [0.25, 0.3) is 0 Å². The third kappa shape index (κ3) is 1.67. The lowest BCUT2D eigenvalue weighted by Gasteiger charge is -2.43. The van der Waals surface area contributed by atoms with E-state index in [1.54, 1.807) is 11.8 Å². The van der Waals surface area contributed by atoms with Gasteiger partial charge in [-0.3, -0.25) is 0 Å². The van der Waals surface area contributed by atoms with Crippen molar-refractivity contribution in [3.8, 4) is 0 Å². The Morgan fingerprint density at radius 2 is 2.00 bits per heavy atom. The molecule has 1 aliphatic carbocycles.